The molecule has 1 aliphatic rings. The number of rotatable bonds is 4. The van der Waals surface area contributed by atoms with E-state index in [2.05, 4.69) is 0 Å². The molecular formula is C17H16N2O4. The fraction of sp³-hybridized carbons (Fsp3) is 0.235. The van der Waals surface area contributed by atoms with E-state index in [1.165, 1.54) is 12.1 Å². The highest BCUT2D eigenvalue weighted by Crippen LogP contribution is 2.25. The lowest BCUT2D eigenvalue weighted by atomic mass is 10.1. The number of ether oxygens (including phenoxy) is 1. The molecule has 6 nitrogen and oxygen atoms in total. The van der Waals surface area contributed by atoms with Gasteiger partial charge < -0.3 is 9.64 Å². The molecular weight excluding hydrogens is 296 g/mol. The van der Waals surface area contributed by atoms with Crippen LogP contribution in [0, 0.1) is 10.1 Å². The summed E-state index contributed by atoms with van der Waals surface area (Å²) in [6.45, 7) is 0.993. The molecule has 0 saturated carbocycles. The maximum absolute atomic E-state index is 12.0. The zero-order valence-corrected chi connectivity index (χ0v) is 12.4. The van der Waals surface area contributed by atoms with E-state index < -0.39 is 4.92 Å². The van der Waals surface area contributed by atoms with Gasteiger partial charge in [0, 0.05) is 18.7 Å². The van der Waals surface area contributed by atoms with Gasteiger partial charge in [0.05, 0.1) is 11.5 Å². The molecule has 2 aromatic carbocycles. The molecule has 1 aliphatic heterocycles. The number of nitro benzene ring substituents is 1. The van der Waals surface area contributed by atoms with Gasteiger partial charge in [-0.1, -0.05) is 30.3 Å². The van der Waals surface area contributed by atoms with Crippen LogP contribution in [0.4, 0.5) is 5.69 Å². The maximum Gasteiger partial charge on any atom is 0.269 e. The maximum atomic E-state index is 12.0. The number of benzene rings is 2. The molecule has 0 unspecified atom stereocenters. The van der Waals surface area contributed by atoms with Crippen LogP contribution in [-0.4, -0.2) is 28.9 Å². The third kappa shape index (κ3) is 3.54. The summed E-state index contributed by atoms with van der Waals surface area (Å²) in [5.41, 5.74) is 1.94. The zero-order chi connectivity index (χ0) is 16.2. The van der Waals surface area contributed by atoms with Gasteiger partial charge in [0.2, 0.25) is 5.91 Å². The molecule has 1 atom stereocenters. The standard InChI is InChI=1S/C17H16N2O4/c20-17-12-23-16(14-6-8-15(9-7-14)19(21)22)11-18(17)10-13-4-2-1-3-5-13/h1-9,16H,10-12H2/t16-/m1/s1. The van der Waals surface area contributed by atoms with Gasteiger partial charge in [-0.05, 0) is 23.3 Å². The lowest BCUT2D eigenvalue weighted by Crippen LogP contribution is -2.42. The highest BCUT2D eigenvalue weighted by atomic mass is 16.6. The number of nitrogens with zero attached hydrogens (tertiary/aromatic N) is 2. The van der Waals surface area contributed by atoms with Crippen LogP contribution in [0.5, 0.6) is 0 Å². The molecule has 0 aliphatic carbocycles. The minimum absolute atomic E-state index is 0.0223. The minimum atomic E-state index is -0.434. The van der Waals surface area contributed by atoms with Crippen molar-refractivity contribution >= 4 is 11.6 Å². The number of nitro groups is 1. The van der Waals surface area contributed by atoms with Gasteiger partial charge in [0.25, 0.3) is 5.69 Å². The van der Waals surface area contributed by atoms with Gasteiger partial charge in [-0.15, -0.1) is 0 Å². The molecule has 0 radical (unpaired) electrons. The van der Waals surface area contributed by atoms with Crippen LogP contribution in [0.2, 0.25) is 0 Å². The third-order valence-electron chi connectivity index (χ3n) is 3.84. The molecule has 1 heterocycles. The van der Waals surface area contributed by atoms with Crippen LogP contribution < -0.4 is 0 Å². The lowest BCUT2D eigenvalue weighted by molar-refractivity contribution is -0.384. The Labute approximate surface area is 133 Å². The summed E-state index contributed by atoms with van der Waals surface area (Å²) < 4.78 is 5.58. The van der Waals surface area contributed by atoms with E-state index in [0.29, 0.717) is 13.1 Å². The first-order valence-corrected chi connectivity index (χ1v) is 7.31. The van der Waals surface area contributed by atoms with E-state index >= 15 is 0 Å². The summed E-state index contributed by atoms with van der Waals surface area (Å²) >= 11 is 0. The predicted molar refractivity (Wildman–Crippen MR) is 83.6 cm³/mol. The average Bonchev–Trinajstić information content (AvgIpc) is 2.58. The van der Waals surface area contributed by atoms with E-state index in [1.54, 1.807) is 17.0 Å². The fourth-order valence-corrected chi connectivity index (χ4v) is 2.59. The van der Waals surface area contributed by atoms with Crippen LogP contribution in [-0.2, 0) is 16.1 Å². The Morgan fingerprint density at radius 3 is 2.48 bits per heavy atom. The summed E-state index contributed by atoms with van der Waals surface area (Å²) in [4.78, 5) is 24.1. The molecule has 118 valence electrons. The second-order valence-electron chi connectivity index (χ2n) is 5.41. The van der Waals surface area contributed by atoms with Crippen LogP contribution >= 0.6 is 0 Å². The summed E-state index contributed by atoms with van der Waals surface area (Å²) in [5, 5.41) is 10.7. The smallest absolute Gasteiger partial charge is 0.269 e. The van der Waals surface area contributed by atoms with Crippen LogP contribution in [0.3, 0.4) is 0 Å². The minimum Gasteiger partial charge on any atom is -0.362 e. The summed E-state index contributed by atoms with van der Waals surface area (Å²) in [5.74, 6) is -0.0491. The van der Waals surface area contributed by atoms with Crippen LogP contribution in [0.15, 0.2) is 54.6 Å². The monoisotopic (exact) mass is 312 g/mol. The number of carbonyl (C=O) groups excluding carboxylic acids is 1. The van der Waals surface area contributed by atoms with E-state index in [0.717, 1.165) is 11.1 Å². The number of hydrogen-bond donors (Lipinski definition) is 0. The molecule has 0 aromatic heterocycles. The SMILES string of the molecule is O=C1CO[C@@H](c2ccc([N+](=O)[O-])cc2)CN1Cc1ccccc1. The molecule has 1 amide bonds. The van der Waals surface area contributed by atoms with Gasteiger partial charge in [-0.2, -0.15) is 0 Å². The van der Waals surface area contributed by atoms with Gasteiger partial charge in [0.1, 0.15) is 12.7 Å². The predicted octanol–water partition coefficient (Wildman–Crippen LogP) is 2.69. The van der Waals surface area contributed by atoms with E-state index in [9.17, 15) is 14.9 Å². The third-order valence-corrected chi connectivity index (χ3v) is 3.84. The Bertz CT molecular complexity index is 700. The van der Waals surface area contributed by atoms with Crippen molar-refractivity contribution in [2.45, 2.75) is 12.6 Å². The van der Waals surface area contributed by atoms with Crippen molar-refractivity contribution in [3.63, 3.8) is 0 Å². The van der Waals surface area contributed by atoms with Gasteiger partial charge in [0.15, 0.2) is 0 Å². The van der Waals surface area contributed by atoms with Crippen molar-refractivity contribution in [3.8, 4) is 0 Å². The van der Waals surface area contributed by atoms with E-state index in [1.807, 2.05) is 30.3 Å². The first-order valence-electron chi connectivity index (χ1n) is 7.31. The number of hydrogen-bond acceptors (Lipinski definition) is 4. The Morgan fingerprint density at radius 1 is 1.13 bits per heavy atom. The van der Waals surface area contributed by atoms with Crippen molar-refractivity contribution in [1.29, 1.82) is 0 Å². The highest BCUT2D eigenvalue weighted by Gasteiger charge is 2.27. The quantitative estimate of drug-likeness (QED) is 0.643. The van der Waals surface area contributed by atoms with E-state index in [-0.39, 0.29) is 24.3 Å². The number of non-ortho nitro benzene ring substituents is 1. The van der Waals surface area contributed by atoms with E-state index in [4.69, 9.17) is 4.74 Å². The Hall–Kier alpha value is -2.73. The molecule has 0 spiro atoms. The second kappa shape index (κ2) is 6.58. The molecule has 3 rings (SSSR count). The van der Waals surface area contributed by atoms with Crippen molar-refractivity contribution < 1.29 is 14.5 Å². The second-order valence-corrected chi connectivity index (χ2v) is 5.41. The number of amides is 1. The van der Waals surface area contributed by atoms with Crippen molar-refractivity contribution in [1.82, 2.24) is 4.90 Å². The topological polar surface area (TPSA) is 72.7 Å². The van der Waals surface area contributed by atoms with Crippen LogP contribution in [0.25, 0.3) is 0 Å². The first-order chi connectivity index (χ1) is 11.1. The molecule has 6 heteroatoms. The summed E-state index contributed by atoms with van der Waals surface area (Å²) in [6, 6.07) is 16.0. The Kier molecular flexibility index (Phi) is 4.34. The summed E-state index contributed by atoms with van der Waals surface area (Å²) in [7, 11) is 0. The number of carbonyl (C=O) groups is 1. The Balaban J connectivity index is 1.72. The Morgan fingerprint density at radius 2 is 1.83 bits per heavy atom. The first kappa shape index (κ1) is 15.2. The van der Waals surface area contributed by atoms with Gasteiger partial charge >= 0.3 is 0 Å². The normalized spacial score (nSPS) is 18.0. The van der Waals surface area contributed by atoms with Crippen molar-refractivity contribution in [2.24, 2.45) is 0 Å². The molecule has 1 fully saturated rings. The van der Waals surface area contributed by atoms with Gasteiger partial charge in [-0.3, -0.25) is 14.9 Å². The fourth-order valence-electron chi connectivity index (χ4n) is 2.59. The lowest BCUT2D eigenvalue weighted by Gasteiger charge is -2.33. The van der Waals surface area contributed by atoms with Gasteiger partial charge in [-0.25, -0.2) is 0 Å². The van der Waals surface area contributed by atoms with Crippen molar-refractivity contribution in [2.75, 3.05) is 13.2 Å². The molecule has 1 saturated heterocycles. The summed E-state index contributed by atoms with van der Waals surface area (Å²) in [6.07, 6.45) is -0.266. The molecule has 2 aromatic rings. The molecule has 0 N–H and O–H groups in total. The average molecular weight is 312 g/mol. The molecule has 23 heavy (non-hydrogen) atoms. The molecule has 0 bridgehead atoms. The largest absolute Gasteiger partial charge is 0.362 e. The zero-order valence-electron chi connectivity index (χ0n) is 12.4. The van der Waals surface area contributed by atoms with Crippen LogP contribution in [0.1, 0.15) is 17.2 Å². The highest BCUT2D eigenvalue weighted by molar-refractivity contribution is 5.78. The van der Waals surface area contributed by atoms with Crippen molar-refractivity contribution in [3.05, 3.63) is 75.8 Å². The number of morpholine rings is 1.